The normalized spacial score (nSPS) is 15.2. The molecule has 94 valence electrons. The highest BCUT2D eigenvalue weighted by molar-refractivity contribution is 7.99. The van der Waals surface area contributed by atoms with E-state index in [0.29, 0.717) is 4.90 Å². The molecule has 0 unspecified atom stereocenters. The molecule has 0 radical (unpaired) electrons. The maximum absolute atomic E-state index is 13.3. The highest BCUT2D eigenvalue weighted by Gasteiger charge is 2.19. The third kappa shape index (κ3) is 4.64. The summed E-state index contributed by atoms with van der Waals surface area (Å²) in [5, 5.41) is 3.43. The van der Waals surface area contributed by atoms with Crippen molar-refractivity contribution in [2.45, 2.75) is 36.6 Å². The van der Waals surface area contributed by atoms with Crippen molar-refractivity contribution in [1.29, 1.82) is 0 Å². The van der Waals surface area contributed by atoms with E-state index in [2.05, 4.69) is 5.32 Å². The van der Waals surface area contributed by atoms with Crippen molar-refractivity contribution < 1.29 is 8.78 Å². The summed E-state index contributed by atoms with van der Waals surface area (Å²) in [4.78, 5) is 0.417. The van der Waals surface area contributed by atoms with E-state index in [1.54, 1.807) is 0 Å². The van der Waals surface area contributed by atoms with Crippen LogP contribution in [0.4, 0.5) is 8.78 Å². The van der Waals surface area contributed by atoms with E-state index in [1.165, 1.54) is 36.7 Å². The maximum atomic E-state index is 13.3. The van der Waals surface area contributed by atoms with Crippen molar-refractivity contribution in [3.8, 4) is 0 Å². The van der Waals surface area contributed by atoms with Gasteiger partial charge in [0.1, 0.15) is 11.6 Å². The molecule has 1 N–H and O–H groups in total. The molecule has 1 saturated carbocycles. The van der Waals surface area contributed by atoms with E-state index in [4.69, 9.17) is 0 Å². The lowest BCUT2D eigenvalue weighted by Gasteiger charge is -2.04. The number of unbranched alkanes of at least 4 members (excludes halogenated alkanes) is 1. The molecule has 0 atom stereocenters. The van der Waals surface area contributed by atoms with Gasteiger partial charge in [-0.05, 0) is 56.2 Å². The Hall–Kier alpha value is -0.610. The molecule has 0 spiro atoms. The summed E-state index contributed by atoms with van der Waals surface area (Å²) in [6.07, 6.45) is 4.74. The van der Waals surface area contributed by atoms with Gasteiger partial charge >= 0.3 is 0 Å². The number of halogens is 2. The highest BCUT2D eigenvalue weighted by Crippen LogP contribution is 2.23. The molecule has 0 heterocycles. The van der Waals surface area contributed by atoms with Gasteiger partial charge < -0.3 is 5.32 Å². The minimum Gasteiger partial charge on any atom is -0.314 e. The standard InChI is InChI=1S/C13H17F2NS/c14-10-3-6-12(15)13(9-10)17-8-2-1-7-16-11-4-5-11/h3,6,9,11,16H,1-2,4-5,7-8H2. The van der Waals surface area contributed by atoms with E-state index in [9.17, 15) is 8.78 Å². The van der Waals surface area contributed by atoms with Crippen LogP contribution < -0.4 is 5.32 Å². The Morgan fingerprint density at radius 1 is 1.24 bits per heavy atom. The number of benzene rings is 1. The third-order valence-electron chi connectivity index (χ3n) is 2.73. The summed E-state index contributed by atoms with van der Waals surface area (Å²) < 4.78 is 26.1. The second-order valence-corrected chi connectivity index (χ2v) is 5.50. The highest BCUT2D eigenvalue weighted by atomic mass is 32.2. The molecule has 1 aliphatic rings. The largest absolute Gasteiger partial charge is 0.314 e. The van der Waals surface area contributed by atoms with Gasteiger partial charge in [0.15, 0.2) is 0 Å². The Labute approximate surface area is 105 Å². The van der Waals surface area contributed by atoms with Crippen LogP contribution >= 0.6 is 11.8 Å². The second-order valence-electron chi connectivity index (χ2n) is 4.36. The summed E-state index contributed by atoms with van der Waals surface area (Å²) >= 11 is 1.39. The predicted molar refractivity (Wildman–Crippen MR) is 67.3 cm³/mol. The maximum Gasteiger partial charge on any atom is 0.136 e. The SMILES string of the molecule is Fc1ccc(F)c(SCCCCNC2CC2)c1. The van der Waals surface area contributed by atoms with Crippen LogP contribution in [-0.4, -0.2) is 18.3 Å². The molecule has 17 heavy (non-hydrogen) atoms. The lowest BCUT2D eigenvalue weighted by molar-refractivity contribution is 0.577. The summed E-state index contributed by atoms with van der Waals surface area (Å²) in [5.41, 5.74) is 0. The lowest BCUT2D eigenvalue weighted by atomic mass is 10.3. The number of nitrogens with one attached hydrogen (secondary N) is 1. The fraction of sp³-hybridized carbons (Fsp3) is 0.538. The predicted octanol–water partition coefficient (Wildman–Crippen LogP) is 3.59. The summed E-state index contributed by atoms with van der Waals surface area (Å²) in [5.74, 6) is 0.143. The van der Waals surface area contributed by atoms with E-state index < -0.39 is 0 Å². The van der Waals surface area contributed by atoms with Crippen molar-refractivity contribution in [1.82, 2.24) is 5.32 Å². The Kier molecular flexibility index (Phi) is 4.80. The van der Waals surface area contributed by atoms with E-state index in [1.807, 2.05) is 0 Å². The molecule has 0 amide bonds. The molecule has 1 aliphatic carbocycles. The van der Waals surface area contributed by atoms with Gasteiger partial charge in [0, 0.05) is 10.9 Å². The molecule has 0 saturated heterocycles. The molecule has 2 rings (SSSR count). The average molecular weight is 257 g/mol. The van der Waals surface area contributed by atoms with Crippen molar-refractivity contribution in [3.05, 3.63) is 29.8 Å². The average Bonchev–Trinajstić information content (AvgIpc) is 3.11. The number of hydrogen-bond acceptors (Lipinski definition) is 2. The van der Waals surface area contributed by atoms with Gasteiger partial charge in [0.05, 0.1) is 0 Å². The summed E-state index contributed by atoms with van der Waals surface area (Å²) in [7, 11) is 0. The quantitative estimate of drug-likeness (QED) is 0.592. The van der Waals surface area contributed by atoms with Crippen LogP contribution in [0.15, 0.2) is 23.1 Å². The first-order valence-electron chi connectivity index (χ1n) is 6.07. The minimum atomic E-state index is -0.371. The Bertz CT molecular complexity index is 366. The number of rotatable bonds is 7. The Balaban J connectivity index is 1.61. The van der Waals surface area contributed by atoms with Crippen LogP contribution in [0.5, 0.6) is 0 Å². The minimum absolute atomic E-state index is 0.326. The van der Waals surface area contributed by atoms with Gasteiger partial charge in [-0.2, -0.15) is 0 Å². The molecule has 1 nitrogen and oxygen atoms in total. The molecular weight excluding hydrogens is 240 g/mol. The summed E-state index contributed by atoms with van der Waals surface area (Å²) in [6, 6.07) is 4.36. The lowest BCUT2D eigenvalue weighted by Crippen LogP contribution is -2.17. The van der Waals surface area contributed by atoms with Crippen molar-refractivity contribution in [2.75, 3.05) is 12.3 Å². The Morgan fingerprint density at radius 3 is 2.82 bits per heavy atom. The van der Waals surface area contributed by atoms with Crippen molar-refractivity contribution in [3.63, 3.8) is 0 Å². The van der Waals surface area contributed by atoms with Crippen LogP contribution in [-0.2, 0) is 0 Å². The van der Waals surface area contributed by atoms with Gasteiger partial charge in [-0.25, -0.2) is 8.78 Å². The van der Waals surface area contributed by atoms with Crippen LogP contribution in [0.1, 0.15) is 25.7 Å². The zero-order valence-electron chi connectivity index (χ0n) is 9.72. The monoisotopic (exact) mass is 257 g/mol. The smallest absolute Gasteiger partial charge is 0.136 e. The third-order valence-corrected chi connectivity index (χ3v) is 3.85. The first-order valence-corrected chi connectivity index (χ1v) is 7.05. The van der Waals surface area contributed by atoms with E-state index in [0.717, 1.165) is 37.2 Å². The molecule has 0 aliphatic heterocycles. The number of hydrogen-bond donors (Lipinski definition) is 1. The number of thioether (sulfide) groups is 1. The first kappa shape index (κ1) is 12.8. The van der Waals surface area contributed by atoms with Gasteiger partial charge in [-0.3, -0.25) is 0 Å². The van der Waals surface area contributed by atoms with E-state index in [-0.39, 0.29) is 11.6 Å². The molecule has 0 bridgehead atoms. The van der Waals surface area contributed by atoms with Crippen LogP contribution in [0.2, 0.25) is 0 Å². The Morgan fingerprint density at radius 2 is 2.06 bits per heavy atom. The molecule has 4 heteroatoms. The molecular formula is C13H17F2NS. The zero-order valence-corrected chi connectivity index (χ0v) is 10.5. The van der Waals surface area contributed by atoms with Gasteiger partial charge in [0.25, 0.3) is 0 Å². The van der Waals surface area contributed by atoms with Gasteiger partial charge in [0.2, 0.25) is 0 Å². The fourth-order valence-corrected chi connectivity index (χ4v) is 2.56. The topological polar surface area (TPSA) is 12.0 Å². The summed E-state index contributed by atoms with van der Waals surface area (Å²) in [6.45, 7) is 1.04. The van der Waals surface area contributed by atoms with Crippen LogP contribution in [0, 0.1) is 11.6 Å². The van der Waals surface area contributed by atoms with Crippen LogP contribution in [0.3, 0.4) is 0 Å². The van der Waals surface area contributed by atoms with Gasteiger partial charge in [-0.15, -0.1) is 11.8 Å². The van der Waals surface area contributed by atoms with E-state index >= 15 is 0 Å². The zero-order chi connectivity index (χ0) is 12.1. The molecule has 1 aromatic rings. The van der Waals surface area contributed by atoms with Gasteiger partial charge in [-0.1, -0.05) is 0 Å². The second kappa shape index (κ2) is 6.36. The molecule has 1 fully saturated rings. The first-order chi connectivity index (χ1) is 8.25. The fourth-order valence-electron chi connectivity index (χ4n) is 1.59. The van der Waals surface area contributed by atoms with Crippen molar-refractivity contribution >= 4 is 11.8 Å². The van der Waals surface area contributed by atoms with Crippen LogP contribution in [0.25, 0.3) is 0 Å². The molecule has 1 aromatic carbocycles. The molecule has 0 aromatic heterocycles. The van der Waals surface area contributed by atoms with Crippen molar-refractivity contribution in [2.24, 2.45) is 0 Å².